The fraction of sp³-hybridized carbons (Fsp3) is 0.529. The summed E-state index contributed by atoms with van der Waals surface area (Å²) in [6, 6.07) is 6.22. The number of benzene rings is 1. The van der Waals surface area contributed by atoms with E-state index in [0.717, 1.165) is 37.2 Å². The van der Waals surface area contributed by atoms with Crippen LogP contribution in [0.4, 0.5) is 11.4 Å². The molecule has 0 aliphatic carbocycles. The molecule has 22 heavy (non-hydrogen) atoms. The summed E-state index contributed by atoms with van der Waals surface area (Å²) >= 11 is 5.20. The molecule has 1 aromatic carbocycles. The van der Waals surface area contributed by atoms with Gasteiger partial charge in [0, 0.05) is 30.9 Å². The Morgan fingerprint density at radius 1 is 1.23 bits per heavy atom. The molecule has 0 spiro atoms. The fourth-order valence-electron chi connectivity index (χ4n) is 2.25. The van der Waals surface area contributed by atoms with Crippen molar-refractivity contribution in [1.29, 1.82) is 0 Å². The van der Waals surface area contributed by atoms with Crippen molar-refractivity contribution in [2.45, 2.75) is 47.0 Å². The molecule has 0 heterocycles. The lowest BCUT2D eigenvalue weighted by atomic mass is 10.1. The molecule has 0 saturated heterocycles. The average molecular weight is 321 g/mol. The zero-order valence-electron chi connectivity index (χ0n) is 14.0. The summed E-state index contributed by atoms with van der Waals surface area (Å²) in [4.78, 5) is 14.0. The fourth-order valence-corrected chi connectivity index (χ4v) is 2.48. The van der Waals surface area contributed by atoms with Gasteiger partial charge in [-0.2, -0.15) is 0 Å². The van der Waals surface area contributed by atoms with Crippen molar-refractivity contribution in [2.24, 2.45) is 0 Å². The van der Waals surface area contributed by atoms with Crippen LogP contribution in [0.15, 0.2) is 18.2 Å². The number of hydrogen-bond acceptors (Lipinski definition) is 3. The van der Waals surface area contributed by atoms with Crippen molar-refractivity contribution in [3.8, 4) is 0 Å². The standard InChI is InChI=1S/C17H27N3OS/c1-5-8-9-16(21)19-17(22)18-15-11-10-14(12-13(15)4)20(6-2)7-3/h10-12H,5-9H2,1-4H3,(H2,18,19,21,22). The normalized spacial score (nSPS) is 10.2. The Hall–Kier alpha value is -1.62. The van der Waals surface area contributed by atoms with E-state index in [9.17, 15) is 4.79 Å². The highest BCUT2D eigenvalue weighted by Crippen LogP contribution is 2.22. The van der Waals surface area contributed by atoms with Crippen LogP contribution in [0.3, 0.4) is 0 Å². The number of amides is 1. The second-order valence-electron chi connectivity index (χ2n) is 5.28. The first-order chi connectivity index (χ1) is 10.5. The van der Waals surface area contributed by atoms with Crippen molar-refractivity contribution in [1.82, 2.24) is 5.32 Å². The summed E-state index contributed by atoms with van der Waals surface area (Å²) in [5.74, 6) is -0.0308. The van der Waals surface area contributed by atoms with Crippen LogP contribution in [0, 0.1) is 6.92 Å². The third kappa shape index (κ3) is 5.64. The van der Waals surface area contributed by atoms with E-state index in [4.69, 9.17) is 12.2 Å². The molecule has 0 fully saturated rings. The van der Waals surface area contributed by atoms with Gasteiger partial charge in [-0.15, -0.1) is 0 Å². The lowest BCUT2D eigenvalue weighted by Gasteiger charge is -2.22. The number of hydrogen-bond donors (Lipinski definition) is 2. The van der Waals surface area contributed by atoms with E-state index in [2.05, 4.69) is 48.4 Å². The first-order valence-electron chi connectivity index (χ1n) is 7.98. The highest BCUT2D eigenvalue weighted by atomic mass is 32.1. The van der Waals surface area contributed by atoms with Gasteiger partial charge in [0.15, 0.2) is 5.11 Å². The first kappa shape index (κ1) is 18.4. The van der Waals surface area contributed by atoms with Crippen LogP contribution >= 0.6 is 12.2 Å². The molecule has 0 saturated carbocycles. The van der Waals surface area contributed by atoms with Crippen LogP contribution in [0.5, 0.6) is 0 Å². The summed E-state index contributed by atoms with van der Waals surface area (Å²) in [7, 11) is 0. The maximum atomic E-state index is 11.7. The van der Waals surface area contributed by atoms with Crippen molar-refractivity contribution < 1.29 is 4.79 Å². The molecule has 0 aliphatic rings. The number of aryl methyl sites for hydroxylation is 1. The van der Waals surface area contributed by atoms with E-state index in [1.807, 2.05) is 13.0 Å². The topological polar surface area (TPSA) is 44.4 Å². The van der Waals surface area contributed by atoms with E-state index < -0.39 is 0 Å². The number of nitrogens with zero attached hydrogens (tertiary/aromatic N) is 1. The summed E-state index contributed by atoms with van der Waals surface area (Å²) in [6.07, 6.45) is 2.39. The monoisotopic (exact) mass is 321 g/mol. The molecular formula is C17H27N3OS. The lowest BCUT2D eigenvalue weighted by Crippen LogP contribution is -2.34. The van der Waals surface area contributed by atoms with E-state index >= 15 is 0 Å². The zero-order chi connectivity index (χ0) is 16.5. The molecule has 122 valence electrons. The Kier molecular flexibility index (Phi) is 7.88. The second-order valence-corrected chi connectivity index (χ2v) is 5.69. The number of nitrogens with one attached hydrogen (secondary N) is 2. The highest BCUT2D eigenvalue weighted by Gasteiger charge is 2.08. The van der Waals surface area contributed by atoms with Crippen molar-refractivity contribution in [3.05, 3.63) is 23.8 Å². The van der Waals surface area contributed by atoms with Gasteiger partial charge >= 0.3 is 0 Å². The van der Waals surface area contributed by atoms with Gasteiger partial charge < -0.3 is 15.5 Å². The number of carbonyl (C=O) groups is 1. The molecule has 0 unspecified atom stereocenters. The zero-order valence-corrected chi connectivity index (χ0v) is 14.8. The molecule has 2 N–H and O–H groups in total. The molecule has 0 aromatic heterocycles. The molecular weight excluding hydrogens is 294 g/mol. The minimum atomic E-state index is -0.0308. The molecule has 1 amide bonds. The molecule has 1 aromatic rings. The Morgan fingerprint density at radius 2 is 1.91 bits per heavy atom. The van der Waals surface area contributed by atoms with E-state index in [1.54, 1.807) is 0 Å². The number of rotatable bonds is 7. The van der Waals surface area contributed by atoms with Gasteiger partial charge in [0.1, 0.15) is 0 Å². The van der Waals surface area contributed by atoms with E-state index in [-0.39, 0.29) is 5.91 Å². The predicted octanol–water partition coefficient (Wildman–Crippen LogP) is 3.84. The lowest BCUT2D eigenvalue weighted by molar-refractivity contribution is -0.119. The van der Waals surface area contributed by atoms with Crippen LogP contribution < -0.4 is 15.5 Å². The number of carbonyl (C=O) groups excluding carboxylic acids is 1. The summed E-state index contributed by atoms with van der Waals surface area (Å²) < 4.78 is 0. The van der Waals surface area contributed by atoms with Crippen molar-refractivity contribution in [3.63, 3.8) is 0 Å². The van der Waals surface area contributed by atoms with Gasteiger partial charge in [-0.25, -0.2) is 0 Å². The van der Waals surface area contributed by atoms with Gasteiger partial charge in [-0.1, -0.05) is 13.3 Å². The minimum Gasteiger partial charge on any atom is -0.372 e. The van der Waals surface area contributed by atoms with Crippen LogP contribution in [-0.4, -0.2) is 24.1 Å². The molecule has 4 nitrogen and oxygen atoms in total. The van der Waals surface area contributed by atoms with Gasteiger partial charge in [-0.05, 0) is 63.2 Å². The highest BCUT2D eigenvalue weighted by molar-refractivity contribution is 7.80. The average Bonchev–Trinajstić information content (AvgIpc) is 2.49. The van der Waals surface area contributed by atoms with Crippen LogP contribution in [-0.2, 0) is 4.79 Å². The Morgan fingerprint density at radius 3 is 2.45 bits per heavy atom. The van der Waals surface area contributed by atoms with Crippen LogP contribution in [0.25, 0.3) is 0 Å². The Bertz CT molecular complexity index is 513. The number of thiocarbonyl (C=S) groups is 1. The largest absolute Gasteiger partial charge is 0.372 e. The second kappa shape index (κ2) is 9.41. The summed E-state index contributed by atoms with van der Waals surface area (Å²) in [5, 5.41) is 6.18. The predicted molar refractivity (Wildman–Crippen MR) is 98.6 cm³/mol. The van der Waals surface area contributed by atoms with Gasteiger partial charge in [0.2, 0.25) is 5.91 Å². The van der Waals surface area contributed by atoms with Gasteiger partial charge in [0.05, 0.1) is 0 Å². The SMILES string of the molecule is CCCCC(=O)NC(=S)Nc1ccc(N(CC)CC)cc1C. The number of anilines is 2. The molecule has 0 bridgehead atoms. The third-order valence-electron chi connectivity index (χ3n) is 3.60. The van der Waals surface area contributed by atoms with E-state index in [1.165, 1.54) is 5.69 Å². The Labute approximate surface area is 139 Å². The molecule has 0 radical (unpaired) electrons. The first-order valence-corrected chi connectivity index (χ1v) is 8.39. The van der Waals surface area contributed by atoms with Crippen LogP contribution in [0.1, 0.15) is 45.6 Å². The summed E-state index contributed by atoms with van der Waals surface area (Å²) in [6.45, 7) is 10.3. The van der Waals surface area contributed by atoms with Crippen LogP contribution in [0.2, 0.25) is 0 Å². The quantitative estimate of drug-likeness (QED) is 0.749. The minimum absolute atomic E-state index is 0.0308. The maximum Gasteiger partial charge on any atom is 0.226 e. The number of unbranched alkanes of at least 4 members (excludes halogenated alkanes) is 1. The maximum absolute atomic E-state index is 11.7. The van der Waals surface area contributed by atoms with Crippen molar-refractivity contribution in [2.75, 3.05) is 23.3 Å². The smallest absolute Gasteiger partial charge is 0.226 e. The summed E-state index contributed by atoms with van der Waals surface area (Å²) in [5.41, 5.74) is 3.23. The van der Waals surface area contributed by atoms with Crippen molar-refractivity contribution >= 4 is 34.6 Å². The molecule has 0 atom stereocenters. The van der Waals surface area contributed by atoms with Gasteiger partial charge in [-0.3, -0.25) is 4.79 Å². The molecule has 5 heteroatoms. The molecule has 1 rings (SSSR count). The Balaban J connectivity index is 2.66. The molecule has 0 aliphatic heterocycles. The van der Waals surface area contributed by atoms with E-state index in [0.29, 0.717) is 11.5 Å². The van der Waals surface area contributed by atoms with Gasteiger partial charge in [0.25, 0.3) is 0 Å². The third-order valence-corrected chi connectivity index (χ3v) is 3.80.